The van der Waals surface area contributed by atoms with Crippen LogP contribution in [0.15, 0.2) is 121 Å². The van der Waals surface area contributed by atoms with Gasteiger partial charge in [-0.25, -0.2) is 12.8 Å². The number of ether oxygens (including phenoxy) is 1. The second-order valence-corrected chi connectivity index (χ2v) is 15.6. The Bertz CT molecular complexity index is 2130. The number of aromatic hydroxyl groups is 1. The molecule has 8 atom stereocenters. The molecule has 2 saturated heterocycles. The summed E-state index contributed by atoms with van der Waals surface area (Å²) in [6.07, 6.45) is -7.31. The molecule has 12 heteroatoms. The number of aliphatic hydroxyl groups excluding tert-OH is 5. The van der Waals surface area contributed by atoms with Gasteiger partial charge in [0, 0.05) is 5.56 Å². The third-order valence-corrected chi connectivity index (χ3v) is 12.5. The third kappa shape index (κ3) is 7.07. The average Bonchev–Trinajstić information content (AvgIpc) is 3.17. The predicted molar refractivity (Wildman–Crippen MR) is 197 cm³/mol. The third-order valence-electron chi connectivity index (χ3n) is 10.3. The lowest BCUT2D eigenvalue weighted by Crippen LogP contribution is -2.58. The fourth-order valence-corrected chi connectivity index (χ4v) is 9.44. The van der Waals surface area contributed by atoms with Crippen LogP contribution in [0.25, 0.3) is 22.3 Å². The van der Waals surface area contributed by atoms with Crippen molar-refractivity contribution in [3.63, 3.8) is 0 Å². The summed E-state index contributed by atoms with van der Waals surface area (Å²) in [6.45, 7) is -0.542. The minimum Gasteiger partial charge on any atom is -0.508 e. The normalized spacial score (nSPS) is 25.8. The molecule has 5 aromatic rings. The fourth-order valence-electron chi connectivity index (χ4n) is 7.32. The molecule has 2 heterocycles. The van der Waals surface area contributed by atoms with Crippen LogP contribution in [0.3, 0.4) is 0 Å². The van der Waals surface area contributed by atoms with Gasteiger partial charge in [0.15, 0.2) is 0 Å². The van der Waals surface area contributed by atoms with E-state index in [1.807, 2.05) is 42.5 Å². The second kappa shape index (κ2) is 15.0. The van der Waals surface area contributed by atoms with Crippen LogP contribution in [0.4, 0.5) is 10.1 Å². The van der Waals surface area contributed by atoms with Crippen molar-refractivity contribution in [1.29, 1.82) is 0 Å². The summed E-state index contributed by atoms with van der Waals surface area (Å²) in [6, 6.07) is 33.3. The number of anilines is 1. The van der Waals surface area contributed by atoms with Gasteiger partial charge in [-0.3, -0.25) is 4.31 Å². The Morgan fingerprint density at radius 1 is 0.736 bits per heavy atom. The molecule has 7 rings (SSSR count). The highest BCUT2D eigenvalue weighted by molar-refractivity contribution is 7.95. The van der Waals surface area contributed by atoms with Crippen molar-refractivity contribution in [2.24, 2.45) is 0 Å². The van der Waals surface area contributed by atoms with E-state index in [0.717, 1.165) is 11.1 Å². The first-order chi connectivity index (χ1) is 25.5. The summed E-state index contributed by atoms with van der Waals surface area (Å²) in [5.41, 5.74) is 4.98. The van der Waals surface area contributed by atoms with Crippen LogP contribution in [0, 0.1) is 5.82 Å². The fraction of sp³-hybridized carbons (Fsp3) is 0.268. The zero-order chi connectivity index (χ0) is 37.4. The Balaban J connectivity index is 1.17. The number of phenols is 1. The minimum absolute atomic E-state index is 0.0742. The Morgan fingerprint density at radius 2 is 1.34 bits per heavy atom. The van der Waals surface area contributed by atoms with Gasteiger partial charge in [-0.15, -0.1) is 0 Å². The lowest BCUT2D eigenvalue weighted by molar-refractivity contribution is -0.231. The number of rotatable bonds is 10. The van der Waals surface area contributed by atoms with Gasteiger partial charge in [0.1, 0.15) is 47.3 Å². The lowest BCUT2D eigenvalue weighted by atomic mass is 9.90. The van der Waals surface area contributed by atoms with Gasteiger partial charge < -0.3 is 35.4 Å². The van der Waals surface area contributed by atoms with Gasteiger partial charge in [-0.05, 0) is 76.6 Å². The molecule has 0 amide bonds. The van der Waals surface area contributed by atoms with E-state index in [2.05, 4.69) is 0 Å². The molecule has 53 heavy (non-hydrogen) atoms. The molecule has 276 valence electrons. The molecule has 5 aromatic carbocycles. The van der Waals surface area contributed by atoms with E-state index in [1.165, 1.54) is 28.6 Å². The van der Waals surface area contributed by atoms with Crippen LogP contribution in [0.5, 0.6) is 5.75 Å². The molecule has 2 fully saturated rings. The number of sulfonamides is 1. The van der Waals surface area contributed by atoms with Crippen molar-refractivity contribution in [3.8, 4) is 28.0 Å². The first kappa shape index (κ1) is 36.7. The zero-order valence-corrected chi connectivity index (χ0v) is 29.2. The van der Waals surface area contributed by atoms with Crippen LogP contribution in [0.2, 0.25) is 0 Å². The molecule has 0 bridgehead atoms. The predicted octanol–water partition coefficient (Wildman–Crippen LogP) is 5.15. The van der Waals surface area contributed by atoms with Crippen LogP contribution < -0.4 is 4.31 Å². The van der Waals surface area contributed by atoms with Crippen molar-refractivity contribution in [2.45, 2.75) is 60.8 Å². The van der Waals surface area contributed by atoms with E-state index in [4.69, 9.17) is 4.74 Å². The molecule has 1 unspecified atom stereocenters. The number of hydrogen-bond donors (Lipinski definition) is 6. The Kier molecular flexibility index (Phi) is 10.4. The Hall–Kier alpha value is -4.66. The number of phenolic OH excluding ortho intramolecular Hbond substituents is 1. The van der Waals surface area contributed by atoms with Gasteiger partial charge in [0.05, 0.1) is 24.4 Å². The van der Waals surface area contributed by atoms with Crippen LogP contribution in [-0.4, -0.2) is 75.3 Å². The van der Waals surface area contributed by atoms with Crippen LogP contribution in [-0.2, 0) is 14.8 Å². The number of aliphatic hydroxyl groups is 5. The van der Waals surface area contributed by atoms with E-state index in [0.29, 0.717) is 33.5 Å². The molecule has 0 radical (unpaired) electrons. The topological polar surface area (TPSA) is 168 Å². The van der Waals surface area contributed by atoms with E-state index in [9.17, 15) is 43.4 Å². The quantitative estimate of drug-likeness (QED) is 0.113. The molecule has 0 aliphatic carbocycles. The van der Waals surface area contributed by atoms with Gasteiger partial charge >= 0.3 is 0 Å². The molecular weight excluding hydrogens is 702 g/mol. The van der Waals surface area contributed by atoms with E-state index < -0.39 is 70.4 Å². The minimum atomic E-state index is -3.92. The number of halogens is 1. The van der Waals surface area contributed by atoms with Crippen molar-refractivity contribution < 1.29 is 48.2 Å². The zero-order valence-electron chi connectivity index (χ0n) is 28.4. The van der Waals surface area contributed by atoms with Crippen molar-refractivity contribution in [3.05, 3.63) is 144 Å². The standard InChI is InChI=1S/C41H40FNO9S/c42-30-15-10-27(11-16-30)33(45)20-21-36-37(43(53(36,50)51)31-17-12-25(13-18-31)24-4-2-1-3-5-24)32-19-14-29(22-34(32)46)26-6-8-28(9-7-26)41-40(49)39(48)38(47)35(23-44)52-41/h1-19,22,33,35-41,44-49H,20-21,23H2/t33-,35+,36+,37+,38+,39-,40+,41?/m0/s1. The van der Waals surface area contributed by atoms with Crippen molar-refractivity contribution >= 4 is 15.7 Å². The second-order valence-electron chi connectivity index (χ2n) is 13.5. The molecule has 6 N–H and O–H groups in total. The molecular formula is C41H40FNO9S. The van der Waals surface area contributed by atoms with Crippen molar-refractivity contribution in [1.82, 2.24) is 0 Å². The Labute approximate surface area is 306 Å². The molecule has 0 spiro atoms. The number of hydrogen-bond acceptors (Lipinski definition) is 9. The largest absolute Gasteiger partial charge is 0.508 e. The van der Waals surface area contributed by atoms with E-state index in [-0.39, 0.29) is 18.6 Å². The maximum atomic E-state index is 14.0. The molecule has 0 saturated carbocycles. The van der Waals surface area contributed by atoms with E-state index in [1.54, 1.807) is 54.6 Å². The van der Waals surface area contributed by atoms with E-state index >= 15 is 0 Å². The summed E-state index contributed by atoms with van der Waals surface area (Å²) in [5, 5.41) is 61.9. The highest BCUT2D eigenvalue weighted by Gasteiger charge is 2.55. The molecule has 10 nitrogen and oxygen atoms in total. The average molecular weight is 742 g/mol. The van der Waals surface area contributed by atoms with Gasteiger partial charge in [-0.1, -0.05) is 91.0 Å². The van der Waals surface area contributed by atoms with Gasteiger partial charge in [0.2, 0.25) is 10.0 Å². The molecule has 2 aliphatic rings. The highest BCUT2D eigenvalue weighted by atomic mass is 32.2. The number of benzene rings is 5. The maximum absolute atomic E-state index is 14.0. The highest BCUT2D eigenvalue weighted by Crippen LogP contribution is 2.51. The molecule has 2 aliphatic heterocycles. The molecule has 0 aromatic heterocycles. The van der Waals surface area contributed by atoms with Crippen LogP contribution >= 0.6 is 0 Å². The SMILES string of the molecule is O=S1(=O)[C@H](CC[C@H](O)c2ccc(F)cc2)[C@@H](c2ccc(-c3ccc(C4O[C@H](CO)[C@@H](O)[C@H](O)[C@H]4O)cc3)cc2O)N1c1ccc(-c2ccccc2)cc1. The smallest absolute Gasteiger partial charge is 0.241 e. The Morgan fingerprint density at radius 3 is 1.98 bits per heavy atom. The first-order valence-electron chi connectivity index (χ1n) is 17.3. The summed E-state index contributed by atoms with van der Waals surface area (Å²) >= 11 is 0. The summed E-state index contributed by atoms with van der Waals surface area (Å²) < 4.78 is 48.5. The number of nitrogens with zero attached hydrogens (tertiary/aromatic N) is 1. The summed E-state index contributed by atoms with van der Waals surface area (Å²) in [7, 11) is -3.92. The first-order valence-corrected chi connectivity index (χ1v) is 18.8. The van der Waals surface area contributed by atoms with Gasteiger partial charge in [-0.2, -0.15) is 0 Å². The van der Waals surface area contributed by atoms with Crippen LogP contribution in [0.1, 0.15) is 47.8 Å². The van der Waals surface area contributed by atoms with Gasteiger partial charge in [0.25, 0.3) is 0 Å². The summed E-state index contributed by atoms with van der Waals surface area (Å²) in [5.74, 6) is -0.574. The maximum Gasteiger partial charge on any atom is 0.241 e. The monoisotopic (exact) mass is 741 g/mol. The lowest BCUT2D eigenvalue weighted by Gasteiger charge is -2.48. The summed E-state index contributed by atoms with van der Waals surface area (Å²) in [4.78, 5) is 0. The van der Waals surface area contributed by atoms with Crippen molar-refractivity contribution in [2.75, 3.05) is 10.9 Å².